The van der Waals surface area contributed by atoms with Crippen LogP contribution < -0.4 is 10.6 Å². The van der Waals surface area contributed by atoms with Crippen LogP contribution in [0.5, 0.6) is 0 Å². The molecule has 2 amide bonds. The molecule has 1 unspecified atom stereocenters. The van der Waals surface area contributed by atoms with E-state index in [0.717, 1.165) is 5.56 Å². The van der Waals surface area contributed by atoms with Crippen LogP contribution in [0.3, 0.4) is 0 Å². The highest BCUT2D eigenvalue weighted by Crippen LogP contribution is 2.30. The monoisotopic (exact) mass is 444 g/mol. The third kappa shape index (κ3) is 4.24. The van der Waals surface area contributed by atoms with Gasteiger partial charge in [-0.1, -0.05) is 35.5 Å². The van der Waals surface area contributed by atoms with E-state index in [1.54, 1.807) is 54.2 Å². The lowest BCUT2D eigenvalue weighted by atomic mass is 9.95. The number of nitrogens with one attached hydrogen (secondary N) is 2. The number of urea groups is 1. The average Bonchev–Trinajstić information content (AvgIpc) is 3.15. The van der Waals surface area contributed by atoms with Crippen LogP contribution in [0.15, 0.2) is 59.2 Å². The maximum atomic E-state index is 12.8. The molecule has 0 spiro atoms. The number of thioether (sulfide) groups is 1. The minimum atomic E-state index is -0.665. The Kier molecular flexibility index (Phi) is 5.86. The average molecular weight is 445 g/mol. The molecule has 2 N–H and O–H groups in total. The van der Waals surface area contributed by atoms with Gasteiger partial charge in [0, 0.05) is 28.9 Å². The topological polar surface area (TPSA) is 111 Å². The second kappa shape index (κ2) is 8.72. The lowest BCUT2D eigenvalue weighted by molar-refractivity contribution is -0.139. The zero-order valence-electron chi connectivity index (χ0n) is 15.8. The van der Waals surface area contributed by atoms with E-state index in [1.807, 2.05) is 0 Å². The van der Waals surface area contributed by atoms with Gasteiger partial charge in [0.1, 0.15) is 0 Å². The van der Waals surface area contributed by atoms with E-state index >= 15 is 0 Å². The summed E-state index contributed by atoms with van der Waals surface area (Å²) in [5, 5.41) is 10.9. The van der Waals surface area contributed by atoms with Crippen LogP contribution in [0.1, 0.15) is 18.5 Å². The van der Waals surface area contributed by atoms with Gasteiger partial charge in [-0.25, -0.2) is 19.1 Å². The summed E-state index contributed by atoms with van der Waals surface area (Å²) in [6, 6.07) is 7.60. The number of esters is 1. The van der Waals surface area contributed by atoms with Gasteiger partial charge in [-0.15, -0.1) is 5.10 Å². The molecule has 0 aliphatic carbocycles. The van der Waals surface area contributed by atoms with E-state index in [9.17, 15) is 9.59 Å². The number of rotatable bonds is 6. The molecule has 1 aliphatic heterocycles. The zero-order chi connectivity index (χ0) is 21.1. The van der Waals surface area contributed by atoms with Crippen LogP contribution in [0.25, 0.3) is 5.78 Å². The number of hydrogen-bond donors (Lipinski definition) is 2. The van der Waals surface area contributed by atoms with Crippen LogP contribution in [0, 0.1) is 0 Å². The van der Waals surface area contributed by atoms with Gasteiger partial charge in [0.2, 0.25) is 5.16 Å². The highest BCUT2D eigenvalue weighted by molar-refractivity contribution is 7.99. The van der Waals surface area contributed by atoms with Gasteiger partial charge in [-0.3, -0.25) is 0 Å². The minimum Gasteiger partial charge on any atom is -0.463 e. The molecular formula is C19H17ClN6O3S. The van der Waals surface area contributed by atoms with Gasteiger partial charge >= 0.3 is 12.0 Å². The molecule has 11 heteroatoms. The molecule has 1 aliphatic rings. The largest absolute Gasteiger partial charge is 0.463 e. The summed E-state index contributed by atoms with van der Waals surface area (Å²) in [5.74, 6) is 0.223. The SMILES string of the molecule is CCOC(=O)C1=C(CSc2nc3ncccn3n2)NC(=O)NC1c1ccc(Cl)cc1. The molecule has 1 atom stereocenters. The number of amides is 2. The van der Waals surface area contributed by atoms with Gasteiger partial charge < -0.3 is 15.4 Å². The smallest absolute Gasteiger partial charge is 0.338 e. The molecule has 4 rings (SSSR count). The van der Waals surface area contributed by atoms with Crippen molar-refractivity contribution in [2.75, 3.05) is 12.4 Å². The highest BCUT2D eigenvalue weighted by atomic mass is 35.5. The quantitative estimate of drug-likeness (QED) is 0.444. The minimum absolute atomic E-state index is 0.212. The summed E-state index contributed by atoms with van der Waals surface area (Å²) in [5.41, 5.74) is 1.48. The number of halogens is 1. The molecule has 3 heterocycles. The van der Waals surface area contributed by atoms with E-state index in [-0.39, 0.29) is 12.4 Å². The molecule has 1 aromatic carbocycles. The van der Waals surface area contributed by atoms with Gasteiger partial charge in [0.25, 0.3) is 5.78 Å². The van der Waals surface area contributed by atoms with E-state index < -0.39 is 18.0 Å². The van der Waals surface area contributed by atoms with Crippen molar-refractivity contribution >= 4 is 41.1 Å². The predicted octanol–water partition coefficient (Wildman–Crippen LogP) is 2.74. The van der Waals surface area contributed by atoms with E-state index in [1.165, 1.54) is 11.8 Å². The van der Waals surface area contributed by atoms with Crippen molar-refractivity contribution in [1.82, 2.24) is 30.2 Å². The number of aromatic nitrogens is 4. The Balaban J connectivity index is 1.67. The Labute approximate surface area is 180 Å². The first-order valence-corrected chi connectivity index (χ1v) is 10.4. The molecule has 0 saturated carbocycles. The summed E-state index contributed by atoms with van der Waals surface area (Å²) in [4.78, 5) is 33.5. The summed E-state index contributed by atoms with van der Waals surface area (Å²) >= 11 is 7.26. The summed E-state index contributed by atoms with van der Waals surface area (Å²) in [6.45, 7) is 1.94. The maximum absolute atomic E-state index is 12.8. The summed E-state index contributed by atoms with van der Waals surface area (Å²) < 4.78 is 6.81. The van der Waals surface area contributed by atoms with Crippen molar-refractivity contribution in [2.24, 2.45) is 0 Å². The summed E-state index contributed by atoms with van der Waals surface area (Å²) in [7, 11) is 0. The predicted molar refractivity (Wildman–Crippen MR) is 111 cm³/mol. The van der Waals surface area contributed by atoms with E-state index in [4.69, 9.17) is 16.3 Å². The second-order valence-corrected chi connectivity index (χ2v) is 7.62. The molecule has 0 bridgehead atoms. The number of nitrogens with zero attached hydrogens (tertiary/aromatic N) is 4. The molecule has 9 nitrogen and oxygen atoms in total. The molecular weight excluding hydrogens is 428 g/mol. The van der Waals surface area contributed by atoms with Crippen LogP contribution >= 0.6 is 23.4 Å². The van der Waals surface area contributed by atoms with E-state index in [0.29, 0.717) is 27.2 Å². The fraction of sp³-hybridized carbons (Fsp3) is 0.211. The first-order valence-electron chi connectivity index (χ1n) is 9.08. The molecule has 2 aromatic heterocycles. The number of carbonyl (C=O) groups excluding carboxylic acids is 2. The molecule has 0 radical (unpaired) electrons. The molecule has 3 aromatic rings. The Morgan fingerprint density at radius 2 is 2.13 bits per heavy atom. The number of fused-ring (bicyclic) bond motifs is 1. The zero-order valence-corrected chi connectivity index (χ0v) is 17.4. The molecule has 0 fully saturated rings. The van der Waals surface area contributed by atoms with Crippen molar-refractivity contribution in [3.05, 3.63) is 64.6 Å². The second-order valence-electron chi connectivity index (χ2n) is 6.24. The normalized spacial score (nSPS) is 16.3. The first-order chi connectivity index (χ1) is 14.5. The first kappa shape index (κ1) is 20.2. The Bertz CT molecular complexity index is 1100. The van der Waals surface area contributed by atoms with Crippen LogP contribution in [-0.4, -0.2) is 43.9 Å². The standard InChI is InChI=1S/C19H17ClN6O3S/c1-2-29-16(27)14-13(10-30-19-24-17-21-8-3-9-26(17)25-19)22-18(28)23-15(14)11-4-6-12(20)7-5-11/h3-9,15H,2,10H2,1H3,(H2,22,23,28). The molecule has 0 saturated heterocycles. The maximum Gasteiger partial charge on any atom is 0.338 e. The van der Waals surface area contributed by atoms with Crippen LogP contribution in [0.4, 0.5) is 4.79 Å². The van der Waals surface area contributed by atoms with Gasteiger partial charge in [0.05, 0.1) is 18.2 Å². The highest BCUT2D eigenvalue weighted by Gasteiger charge is 2.33. The summed E-state index contributed by atoms with van der Waals surface area (Å²) in [6.07, 6.45) is 3.37. The molecule has 30 heavy (non-hydrogen) atoms. The van der Waals surface area contributed by atoms with Crippen LogP contribution in [0.2, 0.25) is 5.02 Å². The van der Waals surface area contributed by atoms with Gasteiger partial charge in [-0.05, 0) is 30.7 Å². The third-order valence-corrected chi connectivity index (χ3v) is 5.41. The number of benzene rings is 1. The van der Waals surface area contributed by atoms with Gasteiger partial charge in [-0.2, -0.15) is 4.98 Å². The Morgan fingerprint density at radius 1 is 1.33 bits per heavy atom. The number of carbonyl (C=O) groups is 2. The third-order valence-electron chi connectivity index (χ3n) is 4.30. The number of ether oxygens (including phenoxy) is 1. The van der Waals surface area contributed by atoms with Crippen LogP contribution in [-0.2, 0) is 9.53 Å². The van der Waals surface area contributed by atoms with Crippen molar-refractivity contribution in [1.29, 1.82) is 0 Å². The lowest BCUT2D eigenvalue weighted by Gasteiger charge is -2.29. The van der Waals surface area contributed by atoms with Crippen molar-refractivity contribution in [3.63, 3.8) is 0 Å². The van der Waals surface area contributed by atoms with Crippen molar-refractivity contribution in [2.45, 2.75) is 18.1 Å². The lowest BCUT2D eigenvalue weighted by Crippen LogP contribution is -2.46. The number of hydrogen-bond acceptors (Lipinski definition) is 7. The van der Waals surface area contributed by atoms with E-state index in [2.05, 4.69) is 25.7 Å². The Hall–Kier alpha value is -3.11. The Morgan fingerprint density at radius 3 is 2.87 bits per heavy atom. The van der Waals surface area contributed by atoms with Gasteiger partial charge in [0.15, 0.2) is 0 Å². The van der Waals surface area contributed by atoms with Crippen molar-refractivity contribution in [3.8, 4) is 0 Å². The molecule has 154 valence electrons. The fourth-order valence-electron chi connectivity index (χ4n) is 3.00. The van der Waals surface area contributed by atoms with Crippen molar-refractivity contribution < 1.29 is 14.3 Å². The fourth-order valence-corrected chi connectivity index (χ4v) is 3.92.